The van der Waals surface area contributed by atoms with E-state index < -0.39 is 0 Å². The van der Waals surface area contributed by atoms with E-state index in [4.69, 9.17) is 9.72 Å². The Kier molecular flexibility index (Phi) is 4.51. The molecule has 0 aliphatic carbocycles. The van der Waals surface area contributed by atoms with Gasteiger partial charge in [-0.1, -0.05) is 25.1 Å². The number of benzene rings is 1. The first-order chi connectivity index (χ1) is 12.3. The van der Waals surface area contributed by atoms with Crippen LogP contribution in [0.4, 0.5) is 5.82 Å². The first-order valence-corrected chi connectivity index (χ1v) is 8.97. The standard InChI is InChI=1S/C21H23N3O/c1-16-10-13-24(14-11-16)20-9-8-17-5-4-7-19(21(17)23-20)25-15-18-6-2-3-12-22-18/h2-9,12,16H,10-11,13-15H2,1H3. The van der Waals surface area contributed by atoms with Gasteiger partial charge in [0.15, 0.2) is 0 Å². The van der Waals surface area contributed by atoms with Crippen LogP contribution in [-0.2, 0) is 6.61 Å². The van der Waals surface area contributed by atoms with Crippen molar-refractivity contribution >= 4 is 16.7 Å². The lowest BCUT2D eigenvalue weighted by molar-refractivity contribution is 0.304. The van der Waals surface area contributed by atoms with E-state index in [9.17, 15) is 0 Å². The van der Waals surface area contributed by atoms with E-state index in [0.717, 1.165) is 47.2 Å². The van der Waals surface area contributed by atoms with Crippen molar-refractivity contribution in [3.63, 3.8) is 0 Å². The van der Waals surface area contributed by atoms with E-state index >= 15 is 0 Å². The Balaban J connectivity index is 1.59. The van der Waals surface area contributed by atoms with Crippen LogP contribution < -0.4 is 9.64 Å². The predicted octanol–water partition coefficient (Wildman–Crippen LogP) is 4.45. The second kappa shape index (κ2) is 7.09. The van der Waals surface area contributed by atoms with Crippen LogP contribution in [-0.4, -0.2) is 23.1 Å². The number of anilines is 1. The van der Waals surface area contributed by atoms with Gasteiger partial charge in [0.05, 0.1) is 5.69 Å². The zero-order valence-electron chi connectivity index (χ0n) is 14.6. The third kappa shape index (κ3) is 3.58. The normalized spacial score (nSPS) is 15.5. The van der Waals surface area contributed by atoms with Gasteiger partial charge in [0.1, 0.15) is 23.7 Å². The highest BCUT2D eigenvalue weighted by molar-refractivity contribution is 5.86. The largest absolute Gasteiger partial charge is 0.485 e. The number of nitrogens with zero attached hydrogens (tertiary/aromatic N) is 3. The summed E-state index contributed by atoms with van der Waals surface area (Å²) in [4.78, 5) is 11.6. The van der Waals surface area contributed by atoms with Gasteiger partial charge < -0.3 is 9.64 Å². The summed E-state index contributed by atoms with van der Waals surface area (Å²) in [5.74, 6) is 2.68. The number of aromatic nitrogens is 2. The lowest BCUT2D eigenvalue weighted by Gasteiger charge is -2.31. The van der Waals surface area contributed by atoms with Gasteiger partial charge in [0.2, 0.25) is 0 Å². The molecule has 0 saturated carbocycles. The number of hydrogen-bond acceptors (Lipinski definition) is 4. The van der Waals surface area contributed by atoms with E-state index in [0.29, 0.717) is 6.61 Å². The highest BCUT2D eigenvalue weighted by Gasteiger charge is 2.17. The fourth-order valence-electron chi connectivity index (χ4n) is 3.28. The maximum absolute atomic E-state index is 6.02. The summed E-state index contributed by atoms with van der Waals surface area (Å²) in [6.07, 6.45) is 4.25. The average molecular weight is 333 g/mol. The zero-order valence-corrected chi connectivity index (χ0v) is 14.6. The van der Waals surface area contributed by atoms with Crippen molar-refractivity contribution in [1.82, 2.24) is 9.97 Å². The van der Waals surface area contributed by atoms with Crippen molar-refractivity contribution in [2.45, 2.75) is 26.4 Å². The summed E-state index contributed by atoms with van der Waals surface area (Å²) in [5, 5.41) is 1.10. The zero-order chi connectivity index (χ0) is 17.1. The molecule has 3 heterocycles. The van der Waals surface area contributed by atoms with Crippen LogP contribution in [0.5, 0.6) is 5.75 Å². The number of para-hydroxylation sites is 1. The predicted molar refractivity (Wildman–Crippen MR) is 101 cm³/mol. The number of rotatable bonds is 4. The number of pyridine rings is 2. The maximum atomic E-state index is 6.02. The summed E-state index contributed by atoms with van der Waals surface area (Å²) >= 11 is 0. The fourth-order valence-corrected chi connectivity index (χ4v) is 3.28. The molecule has 25 heavy (non-hydrogen) atoms. The van der Waals surface area contributed by atoms with Gasteiger partial charge in [0, 0.05) is 24.7 Å². The lowest BCUT2D eigenvalue weighted by Crippen LogP contribution is -2.33. The highest BCUT2D eigenvalue weighted by atomic mass is 16.5. The van der Waals surface area contributed by atoms with Crippen LogP contribution in [0.3, 0.4) is 0 Å². The molecule has 0 N–H and O–H groups in total. The van der Waals surface area contributed by atoms with E-state index in [1.54, 1.807) is 6.20 Å². The molecule has 1 fully saturated rings. The molecule has 0 bridgehead atoms. The molecular formula is C21H23N3O. The number of ether oxygens (including phenoxy) is 1. The molecule has 0 unspecified atom stereocenters. The van der Waals surface area contributed by atoms with Crippen LogP contribution >= 0.6 is 0 Å². The van der Waals surface area contributed by atoms with Crippen LogP contribution in [0.25, 0.3) is 10.9 Å². The van der Waals surface area contributed by atoms with Gasteiger partial charge in [0.25, 0.3) is 0 Å². The molecule has 1 aliphatic heterocycles. The Labute approximate surface area is 148 Å². The molecule has 0 spiro atoms. The van der Waals surface area contributed by atoms with E-state index in [-0.39, 0.29) is 0 Å². The molecule has 2 aromatic heterocycles. The van der Waals surface area contributed by atoms with Crippen LogP contribution in [0.15, 0.2) is 54.7 Å². The summed E-state index contributed by atoms with van der Waals surface area (Å²) in [6.45, 7) is 4.94. The minimum atomic E-state index is 0.451. The van der Waals surface area contributed by atoms with Crippen LogP contribution in [0.2, 0.25) is 0 Å². The molecular weight excluding hydrogens is 310 g/mol. The smallest absolute Gasteiger partial charge is 0.146 e. The van der Waals surface area contributed by atoms with Gasteiger partial charge in [-0.05, 0) is 49.1 Å². The summed E-state index contributed by atoms with van der Waals surface area (Å²) in [6, 6.07) is 16.2. The Bertz CT molecular complexity index is 842. The van der Waals surface area contributed by atoms with Gasteiger partial charge >= 0.3 is 0 Å². The topological polar surface area (TPSA) is 38.2 Å². The van der Waals surface area contributed by atoms with E-state index in [1.807, 2.05) is 30.3 Å². The van der Waals surface area contributed by atoms with Crippen LogP contribution in [0, 0.1) is 5.92 Å². The molecule has 128 valence electrons. The van der Waals surface area contributed by atoms with Crippen molar-refractivity contribution in [3.8, 4) is 5.75 Å². The monoisotopic (exact) mass is 333 g/mol. The molecule has 0 amide bonds. The van der Waals surface area contributed by atoms with Crippen molar-refractivity contribution in [3.05, 3.63) is 60.4 Å². The van der Waals surface area contributed by atoms with Gasteiger partial charge in [-0.25, -0.2) is 4.98 Å². The van der Waals surface area contributed by atoms with Crippen molar-refractivity contribution in [1.29, 1.82) is 0 Å². The second-order valence-corrected chi connectivity index (χ2v) is 6.78. The Morgan fingerprint density at radius 3 is 2.72 bits per heavy atom. The first kappa shape index (κ1) is 15.9. The molecule has 4 nitrogen and oxygen atoms in total. The fraction of sp³-hybridized carbons (Fsp3) is 0.333. The van der Waals surface area contributed by atoms with Gasteiger partial charge in [-0.3, -0.25) is 4.98 Å². The molecule has 1 aromatic carbocycles. The number of hydrogen-bond donors (Lipinski definition) is 0. The average Bonchev–Trinajstić information content (AvgIpc) is 2.67. The van der Waals surface area contributed by atoms with Crippen molar-refractivity contribution < 1.29 is 4.74 Å². The van der Waals surface area contributed by atoms with Crippen molar-refractivity contribution in [2.75, 3.05) is 18.0 Å². The molecule has 4 rings (SSSR count). The number of piperidine rings is 1. The van der Waals surface area contributed by atoms with Crippen molar-refractivity contribution in [2.24, 2.45) is 5.92 Å². The second-order valence-electron chi connectivity index (χ2n) is 6.78. The molecule has 0 atom stereocenters. The Morgan fingerprint density at radius 2 is 1.92 bits per heavy atom. The SMILES string of the molecule is CC1CCN(c2ccc3cccc(OCc4ccccn4)c3n2)CC1. The van der Waals surface area contributed by atoms with Gasteiger partial charge in [-0.2, -0.15) is 0 Å². The van der Waals surface area contributed by atoms with E-state index in [2.05, 4.69) is 35.0 Å². The first-order valence-electron chi connectivity index (χ1n) is 8.97. The van der Waals surface area contributed by atoms with E-state index in [1.165, 1.54) is 12.8 Å². The highest BCUT2D eigenvalue weighted by Crippen LogP contribution is 2.28. The molecule has 3 aromatic rings. The maximum Gasteiger partial charge on any atom is 0.146 e. The third-order valence-electron chi connectivity index (χ3n) is 4.88. The minimum absolute atomic E-state index is 0.451. The Morgan fingerprint density at radius 1 is 1.04 bits per heavy atom. The summed E-state index contributed by atoms with van der Waals surface area (Å²) < 4.78 is 6.02. The lowest BCUT2D eigenvalue weighted by atomic mass is 9.99. The quantitative estimate of drug-likeness (QED) is 0.707. The number of fused-ring (bicyclic) bond motifs is 1. The summed E-state index contributed by atoms with van der Waals surface area (Å²) in [5.41, 5.74) is 1.84. The van der Waals surface area contributed by atoms with Gasteiger partial charge in [-0.15, -0.1) is 0 Å². The molecule has 0 radical (unpaired) electrons. The Hall–Kier alpha value is -2.62. The third-order valence-corrected chi connectivity index (χ3v) is 4.88. The molecule has 4 heteroatoms. The molecule has 1 saturated heterocycles. The minimum Gasteiger partial charge on any atom is -0.485 e. The molecule has 1 aliphatic rings. The summed E-state index contributed by atoms with van der Waals surface area (Å²) in [7, 11) is 0. The van der Waals surface area contributed by atoms with Crippen LogP contribution in [0.1, 0.15) is 25.5 Å².